The summed E-state index contributed by atoms with van der Waals surface area (Å²) < 4.78 is 10.8. The average Bonchev–Trinajstić information content (AvgIpc) is 2.48. The van der Waals surface area contributed by atoms with Crippen LogP contribution >= 0.6 is 0 Å². The molecular formula is C15H20N2O4. The Morgan fingerprint density at radius 3 is 2.67 bits per heavy atom. The van der Waals surface area contributed by atoms with Crippen molar-refractivity contribution in [3.8, 4) is 11.5 Å². The largest absolute Gasteiger partial charge is 0.493 e. The molecule has 0 saturated heterocycles. The maximum absolute atomic E-state index is 11.7. The molecule has 0 saturated carbocycles. The molecule has 1 atom stereocenters. The molecule has 0 heterocycles. The van der Waals surface area contributed by atoms with E-state index in [9.17, 15) is 9.59 Å². The molecule has 2 N–H and O–H groups in total. The molecule has 114 valence electrons. The Bertz CT molecular complexity index is 528. The van der Waals surface area contributed by atoms with Crippen molar-refractivity contribution in [2.45, 2.75) is 19.4 Å². The van der Waals surface area contributed by atoms with E-state index in [1.165, 1.54) is 14.2 Å². The van der Waals surface area contributed by atoms with Crippen molar-refractivity contribution >= 4 is 11.9 Å². The molecule has 0 aliphatic rings. The first-order chi connectivity index (χ1) is 10.0. The molecule has 0 spiro atoms. The van der Waals surface area contributed by atoms with Crippen LogP contribution in [0.5, 0.6) is 11.5 Å². The predicted octanol–water partition coefficient (Wildman–Crippen LogP) is 1.65. The minimum absolute atomic E-state index is 0.435. The maximum Gasteiger partial charge on any atom is 0.321 e. The number of benzene rings is 1. The van der Waals surface area contributed by atoms with Crippen LogP contribution in [0.2, 0.25) is 0 Å². The van der Waals surface area contributed by atoms with E-state index in [0.717, 1.165) is 5.56 Å². The van der Waals surface area contributed by atoms with Crippen molar-refractivity contribution in [1.82, 2.24) is 10.6 Å². The van der Waals surface area contributed by atoms with E-state index in [1.54, 1.807) is 19.1 Å². The highest BCUT2D eigenvalue weighted by molar-refractivity contribution is 5.96. The molecule has 0 aliphatic carbocycles. The van der Waals surface area contributed by atoms with Crippen LogP contribution in [0.4, 0.5) is 4.79 Å². The first kappa shape index (κ1) is 16.6. The summed E-state index contributed by atoms with van der Waals surface area (Å²) in [6.07, 6.45) is 1.67. The molecule has 0 fully saturated rings. The number of nitrogens with one attached hydrogen (secondary N) is 2. The number of allylic oxidation sites excluding steroid dienone is 1. The van der Waals surface area contributed by atoms with Crippen LogP contribution in [-0.4, -0.2) is 32.2 Å². The summed E-state index contributed by atoms with van der Waals surface area (Å²) in [7, 11) is 2.95. The molecule has 6 heteroatoms. The number of carbonyl (C=O) groups is 2. The number of imide groups is 1. The first-order valence-corrected chi connectivity index (χ1v) is 6.48. The van der Waals surface area contributed by atoms with E-state index in [2.05, 4.69) is 17.2 Å². The van der Waals surface area contributed by atoms with Crippen LogP contribution < -0.4 is 20.1 Å². The lowest BCUT2D eigenvalue weighted by Gasteiger charge is -2.16. The lowest BCUT2D eigenvalue weighted by molar-refractivity contribution is -0.126. The number of hydrogen-bond acceptors (Lipinski definition) is 4. The van der Waals surface area contributed by atoms with Gasteiger partial charge in [0.05, 0.1) is 7.11 Å². The second-order valence-corrected chi connectivity index (χ2v) is 4.31. The number of hydrogen-bond donors (Lipinski definition) is 2. The molecule has 21 heavy (non-hydrogen) atoms. The molecule has 1 aromatic rings. The van der Waals surface area contributed by atoms with Gasteiger partial charge >= 0.3 is 6.03 Å². The molecule has 0 aromatic heterocycles. The Balaban J connectivity index is 2.79. The Hall–Kier alpha value is -2.50. The maximum atomic E-state index is 11.7. The second kappa shape index (κ2) is 7.94. The third kappa shape index (κ3) is 4.83. The predicted molar refractivity (Wildman–Crippen MR) is 79.6 cm³/mol. The van der Waals surface area contributed by atoms with Gasteiger partial charge in [0.15, 0.2) is 17.6 Å². The van der Waals surface area contributed by atoms with Crippen LogP contribution in [0.15, 0.2) is 30.9 Å². The van der Waals surface area contributed by atoms with Crippen molar-refractivity contribution < 1.29 is 19.1 Å². The smallest absolute Gasteiger partial charge is 0.321 e. The van der Waals surface area contributed by atoms with E-state index in [0.29, 0.717) is 17.9 Å². The van der Waals surface area contributed by atoms with Gasteiger partial charge in [0, 0.05) is 7.05 Å². The Morgan fingerprint density at radius 1 is 1.38 bits per heavy atom. The van der Waals surface area contributed by atoms with Crippen molar-refractivity contribution in [1.29, 1.82) is 0 Å². The number of methoxy groups -OCH3 is 1. The zero-order valence-electron chi connectivity index (χ0n) is 12.4. The third-order valence-electron chi connectivity index (χ3n) is 2.74. The van der Waals surface area contributed by atoms with Gasteiger partial charge in [0.1, 0.15) is 0 Å². The number of amides is 3. The summed E-state index contributed by atoms with van der Waals surface area (Å²) in [4.78, 5) is 22.8. The fraction of sp³-hybridized carbons (Fsp3) is 0.333. The second-order valence-electron chi connectivity index (χ2n) is 4.31. The summed E-state index contributed by atoms with van der Waals surface area (Å²) in [6.45, 7) is 5.23. The van der Waals surface area contributed by atoms with Gasteiger partial charge < -0.3 is 14.8 Å². The van der Waals surface area contributed by atoms with Crippen LogP contribution in [-0.2, 0) is 11.2 Å². The fourth-order valence-corrected chi connectivity index (χ4v) is 1.62. The fourth-order valence-electron chi connectivity index (χ4n) is 1.62. The molecule has 3 amide bonds. The molecule has 6 nitrogen and oxygen atoms in total. The topological polar surface area (TPSA) is 76.7 Å². The molecule has 1 rings (SSSR count). The first-order valence-electron chi connectivity index (χ1n) is 6.48. The van der Waals surface area contributed by atoms with Gasteiger partial charge in [-0.15, -0.1) is 6.58 Å². The van der Waals surface area contributed by atoms with E-state index in [-0.39, 0.29) is 0 Å². The van der Waals surface area contributed by atoms with Gasteiger partial charge in [-0.1, -0.05) is 12.1 Å². The number of urea groups is 1. The monoisotopic (exact) mass is 292 g/mol. The summed E-state index contributed by atoms with van der Waals surface area (Å²) >= 11 is 0. The van der Waals surface area contributed by atoms with E-state index in [1.807, 2.05) is 12.1 Å². The molecule has 0 aliphatic heterocycles. The number of ether oxygens (including phenoxy) is 2. The Morgan fingerprint density at radius 2 is 2.10 bits per heavy atom. The molecule has 1 aromatic carbocycles. The van der Waals surface area contributed by atoms with Gasteiger partial charge in [-0.25, -0.2) is 4.79 Å². The van der Waals surface area contributed by atoms with Crippen LogP contribution in [0.3, 0.4) is 0 Å². The van der Waals surface area contributed by atoms with Crippen molar-refractivity contribution in [3.05, 3.63) is 36.4 Å². The van der Waals surface area contributed by atoms with Crippen molar-refractivity contribution in [3.63, 3.8) is 0 Å². The zero-order valence-corrected chi connectivity index (χ0v) is 12.4. The quantitative estimate of drug-likeness (QED) is 0.782. The third-order valence-corrected chi connectivity index (χ3v) is 2.74. The normalized spacial score (nSPS) is 11.2. The van der Waals surface area contributed by atoms with Crippen LogP contribution in [0, 0.1) is 0 Å². The summed E-state index contributed by atoms with van der Waals surface area (Å²) in [6, 6.07) is 4.83. The summed E-state index contributed by atoms with van der Waals surface area (Å²) in [5.74, 6) is 0.422. The number of rotatable bonds is 6. The molecule has 0 radical (unpaired) electrons. The van der Waals surface area contributed by atoms with Gasteiger partial charge in [0.25, 0.3) is 5.91 Å². The van der Waals surface area contributed by atoms with E-state index < -0.39 is 18.0 Å². The highest BCUT2D eigenvalue weighted by Gasteiger charge is 2.18. The lowest BCUT2D eigenvalue weighted by atomic mass is 10.1. The molecule has 0 bridgehead atoms. The highest BCUT2D eigenvalue weighted by atomic mass is 16.5. The Kier molecular flexibility index (Phi) is 6.26. The zero-order chi connectivity index (χ0) is 15.8. The Labute approximate surface area is 124 Å². The van der Waals surface area contributed by atoms with Crippen molar-refractivity contribution in [2.75, 3.05) is 14.2 Å². The lowest BCUT2D eigenvalue weighted by Crippen LogP contribution is -2.43. The highest BCUT2D eigenvalue weighted by Crippen LogP contribution is 2.29. The number of carbonyl (C=O) groups excluding carboxylic acids is 2. The minimum atomic E-state index is -0.832. The van der Waals surface area contributed by atoms with E-state index >= 15 is 0 Å². The molecular weight excluding hydrogens is 272 g/mol. The van der Waals surface area contributed by atoms with Crippen molar-refractivity contribution in [2.24, 2.45) is 0 Å². The van der Waals surface area contributed by atoms with E-state index in [4.69, 9.17) is 9.47 Å². The standard InChI is InChI=1S/C15H20N2O4/c1-5-6-11-7-8-12(13(9-11)20-4)21-10(2)14(18)17-15(19)16-3/h5,7-10H,1,6H2,2-4H3,(H2,16,17,18,19). The van der Waals surface area contributed by atoms with Crippen LogP contribution in [0.1, 0.15) is 12.5 Å². The van der Waals surface area contributed by atoms with Gasteiger partial charge in [-0.05, 0) is 31.0 Å². The van der Waals surface area contributed by atoms with Gasteiger partial charge in [-0.3, -0.25) is 10.1 Å². The average molecular weight is 292 g/mol. The summed E-state index contributed by atoms with van der Waals surface area (Å²) in [5, 5.41) is 4.45. The molecule has 1 unspecified atom stereocenters. The van der Waals surface area contributed by atoms with Gasteiger partial charge in [0.2, 0.25) is 0 Å². The summed E-state index contributed by atoms with van der Waals surface area (Å²) in [5.41, 5.74) is 1.02. The van der Waals surface area contributed by atoms with Gasteiger partial charge in [-0.2, -0.15) is 0 Å². The SMILES string of the molecule is C=CCc1ccc(OC(C)C(=O)NC(=O)NC)c(OC)c1. The van der Waals surface area contributed by atoms with Crippen LogP contribution in [0.25, 0.3) is 0 Å². The minimum Gasteiger partial charge on any atom is -0.493 e.